The minimum Gasteiger partial charge on any atom is -0.395 e. The molecule has 2 aromatic carbocycles. The Balaban J connectivity index is 1.63. The largest absolute Gasteiger partial charge is 0.395 e. The van der Waals surface area contributed by atoms with Gasteiger partial charge < -0.3 is 10.4 Å². The van der Waals surface area contributed by atoms with Crippen LogP contribution < -0.4 is 5.32 Å². The first kappa shape index (κ1) is 17.6. The normalized spacial score (nSPS) is 15.6. The molecule has 3 rings (SSSR count). The minimum atomic E-state index is -0.212. The second kappa shape index (κ2) is 8.28. The number of rotatable bonds is 8. The van der Waals surface area contributed by atoms with E-state index >= 15 is 0 Å². The van der Waals surface area contributed by atoms with Crippen molar-refractivity contribution >= 4 is 5.91 Å². The highest BCUT2D eigenvalue weighted by Crippen LogP contribution is 2.41. The summed E-state index contributed by atoms with van der Waals surface area (Å²) in [7, 11) is 0. The lowest BCUT2D eigenvalue weighted by molar-refractivity contribution is -0.125. The lowest BCUT2D eigenvalue weighted by atomic mass is 9.72. The zero-order valence-electron chi connectivity index (χ0n) is 14.5. The maximum absolute atomic E-state index is 12.7. The molecule has 2 aromatic rings. The molecule has 1 saturated carbocycles. The second-order valence-corrected chi connectivity index (χ2v) is 6.77. The molecule has 1 aliphatic carbocycles. The predicted octanol–water partition coefficient (Wildman–Crippen LogP) is 2.68. The van der Waals surface area contributed by atoms with Gasteiger partial charge >= 0.3 is 0 Å². The molecule has 0 unspecified atom stereocenters. The van der Waals surface area contributed by atoms with Crippen LogP contribution in [0.4, 0.5) is 0 Å². The first-order valence-corrected chi connectivity index (χ1v) is 8.95. The molecule has 0 spiro atoms. The quantitative estimate of drug-likeness (QED) is 0.778. The smallest absolute Gasteiger partial charge is 0.234 e. The summed E-state index contributed by atoms with van der Waals surface area (Å²) in [6.45, 7) is 1.49. The van der Waals surface area contributed by atoms with E-state index in [1.807, 2.05) is 53.4 Å². The molecule has 1 aliphatic rings. The van der Waals surface area contributed by atoms with Gasteiger partial charge in [0.05, 0.1) is 18.7 Å². The summed E-state index contributed by atoms with van der Waals surface area (Å²) in [5, 5.41) is 12.6. The Kier molecular flexibility index (Phi) is 5.84. The lowest BCUT2D eigenvalue weighted by Crippen LogP contribution is -2.53. The Labute approximate surface area is 149 Å². The summed E-state index contributed by atoms with van der Waals surface area (Å²) in [4.78, 5) is 14.7. The Bertz CT molecular complexity index is 669. The summed E-state index contributed by atoms with van der Waals surface area (Å²) in [6.07, 6.45) is 3.11. The third-order valence-corrected chi connectivity index (χ3v) is 4.94. The van der Waals surface area contributed by atoms with Crippen LogP contribution in [0.15, 0.2) is 60.7 Å². The minimum absolute atomic E-state index is 0.0212. The van der Waals surface area contributed by atoms with Crippen molar-refractivity contribution < 1.29 is 9.90 Å². The van der Waals surface area contributed by atoms with E-state index in [4.69, 9.17) is 0 Å². The summed E-state index contributed by atoms with van der Waals surface area (Å²) >= 11 is 0. The Morgan fingerprint density at radius 2 is 1.68 bits per heavy atom. The maximum Gasteiger partial charge on any atom is 0.234 e. The van der Waals surface area contributed by atoms with E-state index in [1.165, 1.54) is 5.56 Å². The number of nitrogens with zero attached hydrogens (tertiary/aromatic N) is 1. The first-order valence-electron chi connectivity index (χ1n) is 8.95. The SMILES string of the molecule is O=C(CN(CCO)Cc1ccccc1)NC1(c2ccccc2)CCC1. The molecule has 4 heteroatoms. The Morgan fingerprint density at radius 1 is 1.04 bits per heavy atom. The van der Waals surface area contributed by atoms with Crippen LogP contribution in [0.3, 0.4) is 0 Å². The number of hydrogen-bond acceptors (Lipinski definition) is 3. The fraction of sp³-hybridized carbons (Fsp3) is 0.381. The number of aliphatic hydroxyl groups is 1. The van der Waals surface area contributed by atoms with Crippen molar-refractivity contribution in [3.63, 3.8) is 0 Å². The number of nitrogens with one attached hydrogen (secondary N) is 1. The van der Waals surface area contributed by atoms with Gasteiger partial charge in [0.25, 0.3) is 0 Å². The molecule has 25 heavy (non-hydrogen) atoms. The molecule has 1 amide bonds. The van der Waals surface area contributed by atoms with Gasteiger partial charge in [-0.3, -0.25) is 9.69 Å². The van der Waals surface area contributed by atoms with Gasteiger partial charge in [0.1, 0.15) is 0 Å². The van der Waals surface area contributed by atoms with Crippen LogP contribution in [-0.4, -0.2) is 35.6 Å². The lowest BCUT2D eigenvalue weighted by Gasteiger charge is -2.43. The second-order valence-electron chi connectivity index (χ2n) is 6.77. The van der Waals surface area contributed by atoms with E-state index < -0.39 is 0 Å². The van der Waals surface area contributed by atoms with Gasteiger partial charge in [0, 0.05) is 13.1 Å². The van der Waals surface area contributed by atoms with Crippen LogP contribution in [0.25, 0.3) is 0 Å². The Morgan fingerprint density at radius 3 is 2.24 bits per heavy atom. The number of benzene rings is 2. The summed E-state index contributed by atoms with van der Waals surface area (Å²) < 4.78 is 0. The molecule has 0 saturated heterocycles. The molecule has 0 radical (unpaired) electrons. The molecule has 4 nitrogen and oxygen atoms in total. The highest BCUT2D eigenvalue weighted by molar-refractivity contribution is 5.79. The first-order chi connectivity index (χ1) is 12.2. The van der Waals surface area contributed by atoms with Crippen LogP contribution in [0.2, 0.25) is 0 Å². The summed E-state index contributed by atoms with van der Waals surface area (Å²) in [5.74, 6) is 0.0212. The van der Waals surface area contributed by atoms with E-state index in [0.29, 0.717) is 19.6 Å². The van der Waals surface area contributed by atoms with Gasteiger partial charge in [-0.2, -0.15) is 0 Å². The molecule has 1 fully saturated rings. The molecule has 2 N–H and O–H groups in total. The van der Waals surface area contributed by atoms with Crippen molar-refractivity contribution in [3.8, 4) is 0 Å². The van der Waals surface area contributed by atoms with Crippen molar-refractivity contribution in [2.75, 3.05) is 19.7 Å². The topological polar surface area (TPSA) is 52.6 Å². The molecular weight excluding hydrogens is 312 g/mol. The van der Waals surface area contributed by atoms with Crippen molar-refractivity contribution in [3.05, 3.63) is 71.8 Å². The van der Waals surface area contributed by atoms with Gasteiger partial charge in [0.15, 0.2) is 0 Å². The van der Waals surface area contributed by atoms with Crippen molar-refractivity contribution in [2.45, 2.75) is 31.3 Å². The van der Waals surface area contributed by atoms with Gasteiger partial charge in [-0.15, -0.1) is 0 Å². The fourth-order valence-corrected chi connectivity index (χ4v) is 3.48. The van der Waals surface area contributed by atoms with Gasteiger partial charge in [-0.1, -0.05) is 60.7 Å². The zero-order chi connectivity index (χ0) is 17.5. The van der Waals surface area contributed by atoms with E-state index in [1.54, 1.807) is 0 Å². The van der Waals surface area contributed by atoms with Gasteiger partial charge in [0.2, 0.25) is 5.91 Å². The number of aliphatic hydroxyl groups excluding tert-OH is 1. The molecule has 0 heterocycles. The molecular formula is C21H26N2O2. The molecule has 132 valence electrons. The van der Waals surface area contributed by atoms with E-state index in [0.717, 1.165) is 24.8 Å². The van der Waals surface area contributed by atoms with Gasteiger partial charge in [-0.05, 0) is 30.4 Å². The van der Waals surface area contributed by atoms with Crippen LogP contribution in [0, 0.1) is 0 Å². The maximum atomic E-state index is 12.7. The average Bonchev–Trinajstić information content (AvgIpc) is 2.60. The number of hydrogen-bond donors (Lipinski definition) is 2. The number of carbonyl (C=O) groups is 1. The van der Waals surface area contributed by atoms with E-state index in [9.17, 15) is 9.90 Å². The third kappa shape index (κ3) is 4.47. The average molecular weight is 338 g/mol. The van der Waals surface area contributed by atoms with Crippen LogP contribution in [-0.2, 0) is 16.9 Å². The Hall–Kier alpha value is -2.17. The molecule has 0 aromatic heterocycles. The highest BCUT2D eigenvalue weighted by atomic mass is 16.3. The summed E-state index contributed by atoms with van der Waals surface area (Å²) in [6, 6.07) is 20.3. The molecule has 0 aliphatic heterocycles. The zero-order valence-corrected chi connectivity index (χ0v) is 14.5. The van der Waals surface area contributed by atoms with E-state index in [-0.39, 0.29) is 18.1 Å². The monoisotopic (exact) mass is 338 g/mol. The van der Waals surface area contributed by atoms with Crippen molar-refractivity contribution in [1.29, 1.82) is 0 Å². The van der Waals surface area contributed by atoms with E-state index in [2.05, 4.69) is 17.4 Å². The number of carbonyl (C=O) groups excluding carboxylic acids is 1. The number of amides is 1. The molecule has 0 bridgehead atoms. The summed E-state index contributed by atoms with van der Waals surface area (Å²) in [5.41, 5.74) is 2.12. The van der Waals surface area contributed by atoms with Crippen molar-refractivity contribution in [1.82, 2.24) is 10.2 Å². The predicted molar refractivity (Wildman–Crippen MR) is 98.9 cm³/mol. The van der Waals surface area contributed by atoms with Gasteiger partial charge in [-0.25, -0.2) is 0 Å². The van der Waals surface area contributed by atoms with Crippen LogP contribution in [0.5, 0.6) is 0 Å². The fourth-order valence-electron chi connectivity index (χ4n) is 3.48. The highest BCUT2D eigenvalue weighted by Gasteiger charge is 2.39. The standard InChI is InChI=1S/C21H26N2O2/c24-15-14-23(16-18-8-3-1-4-9-18)17-20(25)22-21(12-7-13-21)19-10-5-2-6-11-19/h1-6,8-11,24H,7,12-17H2,(H,22,25). The third-order valence-electron chi connectivity index (χ3n) is 4.94. The van der Waals surface area contributed by atoms with Crippen LogP contribution >= 0.6 is 0 Å². The molecule has 0 atom stereocenters. The van der Waals surface area contributed by atoms with Crippen LogP contribution in [0.1, 0.15) is 30.4 Å². The van der Waals surface area contributed by atoms with Crippen molar-refractivity contribution in [2.24, 2.45) is 0 Å².